The number of nitrogens with zero attached hydrogens (tertiary/aromatic N) is 1. The van der Waals surface area contributed by atoms with E-state index in [1.807, 2.05) is 17.9 Å². The van der Waals surface area contributed by atoms with Crippen molar-refractivity contribution < 1.29 is 14.7 Å². The monoisotopic (exact) mass is 359 g/mol. The number of aryl methyl sites for hydroxylation is 1. The van der Waals surface area contributed by atoms with E-state index >= 15 is 0 Å². The number of rotatable bonds is 4. The molecule has 20 heavy (non-hydrogen) atoms. The van der Waals surface area contributed by atoms with Gasteiger partial charge in [0.1, 0.15) is 0 Å². The number of aliphatic carboxylic acids is 1. The Morgan fingerprint density at radius 2 is 2.10 bits per heavy atom. The maximum Gasteiger partial charge on any atom is 0.303 e. The van der Waals surface area contributed by atoms with Crippen molar-refractivity contribution in [3.8, 4) is 0 Å². The van der Waals surface area contributed by atoms with Gasteiger partial charge in [-0.15, -0.1) is 11.3 Å². The molecule has 110 valence electrons. The number of hydrogen-bond acceptors (Lipinski definition) is 3. The van der Waals surface area contributed by atoms with Gasteiger partial charge in [-0.3, -0.25) is 9.59 Å². The molecule has 1 aliphatic heterocycles. The Hall–Kier alpha value is -0.880. The molecule has 0 atom stereocenters. The molecular formula is C14H18BrNO3S. The van der Waals surface area contributed by atoms with E-state index in [-0.39, 0.29) is 12.3 Å². The summed E-state index contributed by atoms with van der Waals surface area (Å²) < 4.78 is 1.01. The van der Waals surface area contributed by atoms with Crippen LogP contribution < -0.4 is 0 Å². The minimum absolute atomic E-state index is 0.0977. The van der Waals surface area contributed by atoms with Crippen LogP contribution in [0, 0.1) is 12.8 Å². The number of carbonyl (C=O) groups excluding carboxylic acids is 1. The lowest BCUT2D eigenvalue weighted by molar-refractivity contribution is -0.137. The smallest absolute Gasteiger partial charge is 0.303 e. The fourth-order valence-electron chi connectivity index (χ4n) is 2.47. The van der Waals surface area contributed by atoms with Crippen molar-refractivity contribution in [1.29, 1.82) is 0 Å². The maximum atomic E-state index is 12.4. The van der Waals surface area contributed by atoms with Gasteiger partial charge in [0, 0.05) is 19.5 Å². The topological polar surface area (TPSA) is 57.6 Å². The molecule has 1 aliphatic rings. The molecule has 1 N–H and O–H groups in total. The van der Waals surface area contributed by atoms with Gasteiger partial charge >= 0.3 is 5.97 Å². The Labute approximate surface area is 130 Å². The van der Waals surface area contributed by atoms with Gasteiger partial charge in [0.25, 0.3) is 5.91 Å². The van der Waals surface area contributed by atoms with E-state index in [1.165, 1.54) is 11.3 Å². The van der Waals surface area contributed by atoms with Crippen molar-refractivity contribution in [3.63, 3.8) is 0 Å². The Kier molecular flexibility index (Phi) is 5.21. The van der Waals surface area contributed by atoms with Crippen LogP contribution >= 0.6 is 27.3 Å². The molecular weight excluding hydrogens is 342 g/mol. The molecule has 2 heterocycles. The molecule has 1 aromatic heterocycles. The highest BCUT2D eigenvalue weighted by molar-refractivity contribution is 9.11. The second-order valence-corrected chi connectivity index (χ2v) is 7.61. The van der Waals surface area contributed by atoms with E-state index in [0.29, 0.717) is 5.92 Å². The predicted molar refractivity (Wildman–Crippen MR) is 82.3 cm³/mol. The number of halogens is 1. The number of piperidine rings is 1. The summed E-state index contributed by atoms with van der Waals surface area (Å²) in [4.78, 5) is 25.6. The summed E-state index contributed by atoms with van der Waals surface area (Å²) in [6, 6.07) is 1.92. The lowest BCUT2D eigenvalue weighted by Crippen LogP contribution is -2.38. The minimum atomic E-state index is -0.734. The normalized spacial score (nSPS) is 16.4. The van der Waals surface area contributed by atoms with Crippen LogP contribution in [0.1, 0.15) is 40.9 Å². The van der Waals surface area contributed by atoms with Crippen LogP contribution in [0.15, 0.2) is 9.85 Å². The third-order valence-corrected chi connectivity index (χ3v) is 5.86. The number of amides is 1. The number of carbonyl (C=O) groups is 2. The van der Waals surface area contributed by atoms with Crippen LogP contribution in [0.3, 0.4) is 0 Å². The van der Waals surface area contributed by atoms with Gasteiger partial charge in [-0.2, -0.15) is 0 Å². The SMILES string of the molecule is Cc1cc(C(=O)N2CCC(CCC(=O)O)CC2)sc1Br. The summed E-state index contributed by atoms with van der Waals surface area (Å²) in [5, 5.41) is 8.69. The third kappa shape index (κ3) is 3.82. The van der Waals surface area contributed by atoms with Crippen molar-refractivity contribution in [3.05, 3.63) is 20.3 Å². The zero-order valence-corrected chi connectivity index (χ0v) is 13.8. The minimum Gasteiger partial charge on any atom is -0.481 e. The van der Waals surface area contributed by atoms with Gasteiger partial charge in [-0.05, 0) is 59.7 Å². The summed E-state index contributed by atoms with van der Waals surface area (Å²) >= 11 is 4.92. The van der Waals surface area contributed by atoms with E-state index in [1.54, 1.807) is 0 Å². The summed E-state index contributed by atoms with van der Waals surface area (Å²) in [6.07, 6.45) is 2.77. The first-order valence-corrected chi connectivity index (χ1v) is 8.35. The van der Waals surface area contributed by atoms with Gasteiger partial charge in [0.15, 0.2) is 0 Å². The molecule has 4 nitrogen and oxygen atoms in total. The Morgan fingerprint density at radius 1 is 1.45 bits per heavy atom. The zero-order valence-electron chi connectivity index (χ0n) is 11.4. The quantitative estimate of drug-likeness (QED) is 0.894. The molecule has 1 saturated heterocycles. The van der Waals surface area contributed by atoms with Crippen molar-refractivity contribution in [2.75, 3.05) is 13.1 Å². The average molecular weight is 360 g/mol. The molecule has 0 aliphatic carbocycles. The second-order valence-electron chi connectivity index (χ2n) is 5.24. The van der Waals surface area contributed by atoms with Crippen molar-refractivity contribution in [2.45, 2.75) is 32.6 Å². The first-order valence-electron chi connectivity index (χ1n) is 6.74. The summed E-state index contributed by atoms with van der Waals surface area (Å²) in [6.45, 7) is 3.45. The highest BCUT2D eigenvalue weighted by Crippen LogP contribution is 2.30. The second kappa shape index (κ2) is 6.72. The molecule has 1 aromatic rings. The maximum absolute atomic E-state index is 12.4. The molecule has 0 bridgehead atoms. The van der Waals surface area contributed by atoms with Crippen LogP contribution in [-0.2, 0) is 4.79 Å². The van der Waals surface area contributed by atoms with Gasteiger partial charge in [0.2, 0.25) is 0 Å². The van der Waals surface area contributed by atoms with Crippen molar-refractivity contribution in [2.24, 2.45) is 5.92 Å². The van der Waals surface area contributed by atoms with Crippen molar-refractivity contribution in [1.82, 2.24) is 4.90 Å². The van der Waals surface area contributed by atoms with Crippen LogP contribution in [0.4, 0.5) is 0 Å². The Morgan fingerprint density at radius 3 is 2.60 bits per heavy atom. The van der Waals surface area contributed by atoms with Crippen LogP contribution in [0.25, 0.3) is 0 Å². The molecule has 0 aromatic carbocycles. The number of hydrogen-bond donors (Lipinski definition) is 1. The standard InChI is InChI=1S/C14H18BrNO3S/c1-9-8-11(20-13(9)15)14(19)16-6-4-10(5-7-16)2-3-12(17)18/h8,10H,2-7H2,1H3,(H,17,18). The van der Waals surface area contributed by atoms with Crippen LogP contribution in [0.5, 0.6) is 0 Å². The van der Waals surface area contributed by atoms with E-state index in [2.05, 4.69) is 15.9 Å². The van der Waals surface area contributed by atoms with E-state index < -0.39 is 5.97 Å². The highest BCUT2D eigenvalue weighted by Gasteiger charge is 2.25. The first kappa shape index (κ1) is 15.5. The first-order chi connectivity index (χ1) is 9.47. The molecule has 0 spiro atoms. The lowest BCUT2D eigenvalue weighted by atomic mass is 9.92. The molecule has 0 saturated carbocycles. The molecule has 1 amide bonds. The molecule has 2 rings (SSSR count). The predicted octanol–water partition coefficient (Wildman–Crippen LogP) is 3.54. The van der Waals surface area contributed by atoms with Crippen molar-refractivity contribution >= 4 is 39.1 Å². The van der Waals surface area contributed by atoms with Gasteiger partial charge in [-0.1, -0.05) is 0 Å². The molecule has 6 heteroatoms. The fraction of sp³-hybridized carbons (Fsp3) is 0.571. The van der Waals surface area contributed by atoms with Gasteiger partial charge in [0.05, 0.1) is 8.66 Å². The van der Waals surface area contributed by atoms with Crippen LogP contribution in [0.2, 0.25) is 0 Å². The Balaban J connectivity index is 1.87. The largest absolute Gasteiger partial charge is 0.481 e. The summed E-state index contributed by atoms with van der Waals surface area (Å²) in [5.74, 6) is -0.199. The van der Waals surface area contributed by atoms with E-state index in [4.69, 9.17) is 5.11 Å². The number of likely N-dealkylation sites (tertiary alicyclic amines) is 1. The fourth-order valence-corrected chi connectivity index (χ4v) is 3.98. The number of thiophene rings is 1. The number of carboxylic acid groups (broad SMARTS) is 1. The average Bonchev–Trinajstić information content (AvgIpc) is 2.76. The lowest BCUT2D eigenvalue weighted by Gasteiger charge is -2.31. The number of carboxylic acids is 1. The third-order valence-electron chi connectivity index (χ3n) is 3.74. The Bertz CT molecular complexity index is 487. The summed E-state index contributed by atoms with van der Waals surface area (Å²) in [7, 11) is 0. The molecule has 0 unspecified atom stereocenters. The van der Waals surface area contributed by atoms with E-state index in [0.717, 1.165) is 46.6 Å². The highest BCUT2D eigenvalue weighted by atomic mass is 79.9. The zero-order chi connectivity index (χ0) is 14.7. The van der Waals surface area contributed by atoms with Crippen LogP contribution in [-0.4, -0.2) is 35.0 Å². The molecule has 1 fully saturated rings. The summed E-state index contributed by atoms with van der Waals surface area (Å²) in [5.41, 5.74) is 1.09. The van der Waals surface area contributed by atoms with E-state index in [9.17, 15) is 9.59 Å². The van der Waals surface area contributed by atoms with Gasteiger partial charge < -0.3 is 10.0 Å². The molecule has 0 radical (unpaired) electrons. The van der Waals surface area contributed by atoms with Gasteiger partial charge in [-0.25, -0.2) is 0 Å².